The highest BCUT2D eigenvalue weighted by atomic mass is 32.1. The summed E-state index contributed by atoms with van der Waals surface area (Å²) in [5.74, 6) is 0.494. The van der Waals surface area contributed by atoms with Crippen molar-refractivity contribution >= 4 is 28.9 Å². The Kier molecular flexibility index (Phi) is 6.18. The molecule has 0 fully saturated rings. The molecular weight excluding hydrogens is 272 g/mol. The molecule has 0 atom stereocenters. The highest BCUT2D eigenvalue weighted by Crippen LogP contribution is 2.17. The summed E-state index contributed by atoms with van der Waals surface area (Å²) in [5.41, 5.74) is 1.71. The van der Waals surface area contributed by atoms with Crippen LogP contribution in [0.5, 0.6) is 5.75 Å². The second-order valence-electron chi connectivity index (χ2n) is 4.87. The van der Waals surface area contributed by atoms with Crippen molar-refractivity contribution < 1.29 is 9.53 Å². The van der Waals surface area contributed by atoms with Gasteiger partial charge in [0.25, 0.3) is 0 Å². The topological polar surface area (TPSA) is 50.4 Å². The predicted octanol–water partition coefficient (Wildman–Crippen LogP) is 3.11. The van der Waals surface area contributed by atoms with Gasteiger partial charge in [-0.05, 0) is 36.8 Å². The standard InChI is InChI=1S/C15H20N2O2S/c1-10(2)9-19-13-7-5-6-12(8-13)16-15(20)17-14(18)11(3)4/h5-8,11H,1,9H2,2-4H3,(H2,16,17,18,20). The maximum atomic E-state index is 11.5. The fourth-order valence-electron chi connectivity index (χ4n) is 1.29. The number of hydrogen-bond acceptors (Lipinski definition) is 3. The molecule has 0 radical (unpaired) electrons. The first-order chi connectivity index (χ1) is 9.38. The van der Waals surface area contributed by atoms with E-state index in [4.69, 9.17) is 17.0 Å². The molecule has 5 heteroatoms. The van der Waals surface area contributed by atoms with Crippen LogP contribution in [0, 0.1) is 5.92 Å². The summed E-state index contributed by atoms with van der Waals surface area (Å²) in [5, 5.41) is 5.86. The molecule has 0 unspecified atom stereocenters. The number of rotatable bonds is 5. The first kappa shape index (κ1) is 16.2. The van der Waals surface area contributed by atoms with Crippen LogP contribution in [0.2, 0.25) is 0 Å². The minimum atomic E-state index is -0.114. The summed E-state index contributed by atoms with van der Waals surface area (Å²) in [6.07, 6.45) is 0. The van der Waals surface area contributed by atoms with Crippen LogP contribution in [0.15, 0.2) is 36.4 Å². The van der Waals surface area contributed by atoms with Crippen molar-refractivity contribution in [2.24, 2.45) is 5.92 Å². The lowest BCUT2D eigenvalue weighted by Gasteiger charge is -2.12. The average Bonchev–Trinajstić information content (AvgIpc) is 2.36. The number of anilines is 1. The number of hydrogen-bond donors (Lipinski definition) is 2. The van der Waals surface area contributed by atoms with Crippen LogP contribution in [-0.4, -0.2) is 17.6 Å². The molecule has 0 saturated heterocycles. The Balaban J connectivity index is 2.59. The molecule has 1 rings (SSSR count). The van der Waals surface area contributed by atoms with Gasteiger partial charge in [0.2, 0.25) is 5.91 Å². The molecule has 4 nitrogen and oxygen atoms in total. The molecule has 108 valence electrons. The van der Waals surface area contributed by atoms with Gasteiger partial charge in [0.15, 0.2) is 5.11 Å². The number of ether oxygens (including phenoxy) is 1. The highest BCUT2D eigenvalue weighted by Gasteiger charge is 2.08. The molecule has 0 spiro atoms. The smallest absolute Gasteiger partial charge is 0.228 e. The van der Waals surface area contributed by atoms with E-state index in [1.54, 1.807) is 0 Å². The van der Waals surface area contributed by atoms with Gasteiger partial charge in [-0.1, -0.05) is 26.5 Å². The zero-order valence-corrected chi connectivity index (χ0v) is 12.8. The van der Waals surface area contributed by atoms with E-state index in [9.17, 15) is 4.79 Å². The minimum absolute atomic E-state index is 0.111. The van der Waals surface area contributed by atoms with E-state index in [2.05, 4.69) is 17.2 Å². The fourth-order valence-corrected chi connectivity index (χ4v) is 1.51. The minimum Gasteiger partial charge on any atom is -0.489 e. The number of thiocarbonyl (C=S) groups is 1. The highest BCUT2D eigenvalue weighted by molar-refractivity contribution is 7.80. The Labute approximate surface area is 125 Å². The molecule has 1 aromatic rings. The fraction of sp³-hybridized carbons (Fsp3) is 0.333. The zero-order chi connectivity index (χ0) is 15.1. The van der Waals surface area contributed by atoms with Crippen molar-refractivity contribution in [2.45, 2.75) is 20.8 Å². The quantitative estimate of drug-likeness (QED) is 0.647. The van der Waals surface area contributed by atoms with E-state index in [1.165, 1.54) is 0 Å². The van der Waals surface area contributed by atoms with E-state index < -0.39 is 0 Å². The Morgan fingerprint density at radius 3 is 2.75 bits per heavy atom. The number of benzene rings is 1. The number of amides is 1. The van der Waals surface area contributed by atoms with Crippen LogP contribution in [0.4, 0.5) is 5.69 Å². The molecular formula is C15H20N2O2S. The van der Waals surface area contributed by atoms with E-state index in [-0.39, 0.29) is 16.9 Å². The van der Waals surface area contributed by atoms with Gasteiger partial charge in [-0.15, -0.1) is 0 Å². The Morgan fingerprint density at radius 2 is 2.15 bits per heavy atom. The first-order valence-corrected chi connectivity index (χ1v) is 6.78. The molecule has 1 aromatic carbocycles. The van der Waals surface area contributed by atoms with E-state index in [0.29, 0.717) is 6.61 Å². The first-order valence-electron chi connectivity index (χ1n) is 6.37. The molecule has 0 aliphatic carbocycles. The third-order valence-corrected chi connectivity index (χ3v) is 2.54. The van der Waals surface area contributed by atoms with Crippen molar-refractivity contribution in [3.05, 3.63) is 36.4 Å². The summed E-state index contributed by atoms with van der Waals surface area (Å²) >= 11 is 5.08. The summed E-state index contributed by atoms with van der Waals surface area (Å²) in [4.78, 5) is 11.5. The van der Waals surface area contributed by atoms with Crippen molar-refractivity contribution in [3.63, 3.8) is 0 Å². The lowest BCUT2D eigenvalue weighted by molar-refractivity contribution is -0.122. The normalized spacial score (nSPS) is 10.0. The Hall–Kier alpha value is -1.88. The van der Waals surface area contributed by atoms with Crippen molar-refractivity contribution in [1.29, 1.82) is 0 Å². The molecule has 0 aromatic heterocycles. The Morgan fingerprint density at radius 1 is 1.45 bits per heavy atom. The predicted molar refractivity (Wildman–Crippen MR) is 86.0 cm³/mol. The van der Waals surface area contributed by atoms with Crippen LogP contribution in [0.1, 0.15) is 20.8 Å². The van der Waals surface area contributed by atoms with Gasteiger partial charge in [-0.3, -0.25) is 4.79 Å². The summed E-state index contributed by atoms with van der Waals surface area (Å²) < 4.78 is 5.54. The van der Waals surface area contributed by atoms with E-state index in [1.807, 2.05) is 45.0 Å². The van der Waals surface area contributed by atoms with Crippen molar-refractivity contribution in [1.82, 2.24) is 5.32 Å². The third kappa shape index (κ3) is 5.84. The summed E-state index contributed by atoms with van der Waals surface area (Å²) in [6, 6.07) is 7.37. The second-order valence-corrected chi connectivity index (χ2v) is 5.28. The average molecular weight is 292 g/mol. The van der Waals surface area contributed by atoms with E-state index in [0.717, 1.165) is 17.0 Å². The summed E-state index contributed by atoms with van der Waals surface area (Å²) in [6.45, 7) is 9.77. The molecule has 0 bridgehead atoms. The van der Waals surface area contributed by atoms with Gasteiger partial charge in [0.1, 0.15) is 12.4 Å². The molecule has 0 aliphatic heterocycles. The van der Waals surface area contributed by atoms with Crippen LogP contribution in [-0.2, 0) is 4.79 Å². The third-order valence-electron chi connectivity index (χ3n) is 2.34. The largest absolute Gasteiger partial charge is 0.489 e. The number of carbonyl (C=O) groups excluding carboxylic acids is 1. The number of nitrogens with one attached hydrogen (secondary N) is 2. The van der Waals surface area contributed by atoms with Gasteiger partial charge < -0.3 is 15.4 Å². The second kappa shape index (κ2) is 7.65. The molecule has 20 heavy (non-hydrogen) atoms. The monoisotopic (exact) mass is 292 g/mol. The molecule has 1 amide bonds. The Bertz CT molecular complexity index is 512. The lowest BCUT2D eigenvalue weighted by Crippen LogP contribution is -2.36. The lowest BCUT2D eigenvalue weighted by atomic mass is 10.2. The molecule has 2 N–H and O–H groups in total. The van der Waals surface area contributed by atoms with Crippen LogP contribution in [0.25, 0.3) is 0 Å². The van der Waals surface area contributed by atoms with Crippen LogP contribution in [0.3, 0.4) is 0 Å². The van der Waals surface area contributed by atoms with Crippen LogP contribution < -0.4 is 15.4 Å². The van der Waals surface area contributed by atoms with Crippen molar-refractivity contribution in [2.75, 3.05) is 11.9 Å². The van der Waals surface area contributed by atoms with Crippen LogP contribution >= 0.6 is 12.2 Å². The zero-order valence-electron chi connectivity index (χ0n) is 12.0. The number of carbonyl (C=O) groups is 1. The van der Waals surface area contributed by atoms with Gasteiger partial charge in [0.05, 0.1) is 0 Å². The van der Waals surface area contributed by atoms with Gasteiger partial charge in [-0.2, -0.15) is 0 Å². The van der Waals surface area contributed by atoms with E-state index >= 15 is 0 Å². The molecule has 0 aliphatic rings. The maximum Gasteiger partial charge on any atom is 0.228 e. The molecule has 0 heterocycles. The van der Waals surface area contributed by atoms with Gasteiger partial charge >= 0.3 is 0 Å². The summed E-state index contributed by atoms with van der Waals surface area (Å²) in [7, 11) is 0. The van der Waals surface area contributed by atoms with Gasteiger partial charge in [0, 0.05) is 17.7 Å². The SMILES string of the molecule is C=C(C)COc1cccc(NC(=S)NC(=O)C(C)C)c1. The maximum absolute atomic E-state index is 11.5. The van der Waals surface area contributed by atoms with Gasteiger partial charge in [-0.25, -0.2) is 0 Å². The van der Waals surface area contributed by atoms with Crippen molar-refractivity contribution in [3.8, 4) is 5.75 Å². The molecule has 0 saturated carbocycles.